The number of rotatable bonds is 6. The molecule has 2 aromatic carbocycles. The van der Waals surface area contributed by atoms with E-state index in [9.17, 15) is 0 Å². The highest BCUT2D eigenvalue weighted by Gasteiger charge is 2.00. The van der Waals surface area contributed by atoms with E-state index in [1.165, 1.54) is 16.3 Å². The fourth-order valence-electron chi connectivity index (χ4n) is 2.25. The molecule has 0 aliphatic carbocycles. The minimum Gasteiger partial charge on any atom is -0.497 e. The zero-order valence-electron chi connectivity index (χ0n) is 13.6. The Morgan fingerprint density at radius 3 is 2.55 bits per heavy atom. The van der Waals surface area contributed by atoms with Crippen molar-refractivity contribution < 1.29 is 4.74 Å². The van der Waals surface area contributed by atoms with Crippen LogP contribution >= 0.6 is 0 Å². The van der Waals surface area contributed by atoms with Crippen LogP contribution in [0.25, 0.3) is 10.8 Å². The summed E-state index contributed by atoms with van der Waals surface area (Å²) in [6, 6.07) is 12.5. The Labute approximate surface area is 132 Å². The molecule has 0 spiro atoms. The fourth-order valence-corrected chi connectivity index (χ4v) is 2.25. The van der Waals surface area contributed by atoms with Gasteiger partial charge in [0.25, 0.3) is 0 Å². The number of fused-ring (bicyclic) bond motifs is 1. The van der Waals surface area contributed by atoms with Gasteiger partial charge in [0.1, 0.15) is 5.75 Å². The van der Waals surface area contributed by atoms with E-state index in [2.05, 4.69) is 59.8 Å². The van der Waals surface area contributed by atoms with Crippen LogP contribution < -0.4 is 15.4 Å². The first kappa shape index (κ1) is 16.1. The molecule has 0 fully saturated rings. The van der Waals surface area contributed by atoms with Crippen molar-refractivity contribution in [3.05, 3.63) is 42.0 Å². The largest absolute Gasteiger partial charge is 0.497 e. The van der Waals surface area contributed by atoms with Gasteiger partial charge < -0.3 is 15.4 Å². The molecule has 0 unspecified atom stereocenters. The monoisotopic (exact) mass is 299 g/mol. The summed E-state index contributed by atoms with van der Waals surface area (Å²) in [7, 11) is 1.69. The van der Waals surface area contributed by atoms with Crippen LogP contribution in [0.5, 0.6) is 5.75 Å². The highest BCUT2D eigenvalue weighted by molar-refractivity contribution is 5.84. The van der Waals surface area contributed by atoms with E-state index in [1.807, 2.05) is 6.07 Å². The van der Waals surface area contributed by atoms with Crippen LogP contribution in [0, 0.1) is 0 Å². The van der Waals surface area contributed by atoms with Gasteiger partial charge in [0.15, 0.2) is 5.96 Å². The first-order valence-electron chi connectivity index (χ1n) is 7.85. The second-order valence-corrected chi connectivity index (χ2v) is 5.17. The number of ether oxygens (including phenoxy) is 1. The molecule has 2 aromatic rings. The number of guanidine groups is 1. The predicted molar refractivity (Wildman–Crippen MR) is 93.6 cm³/mol. The van der Waals surface area contributed by atoms with Crippen molar-refractivity contribution >= 4 is 16.7 Å². The van der Waals surface area contributed by atoms with Crippen LogP contribution in [-0.4, -0.2) is 26.2 Å². The number of methoxy groups -OCH3 is 1. The van der Waals surface area contributed by atoms with E-state index in [1.54, 1.807) is 7.11 Å². The van der Waals surface area contributed by atoms with Crippen molar-refractivity contribution in [3.63, 3.8) is 0 Å². The average molecular weight is 299 g/mol. The lowest BCUT2D eigenvalue weighted by Crippen LogP contribution is -2.37. The van der Waals surface area contributed by atoms with E-state index in [0.717, 1.165) is 31.2 Å². The molecule has 4 heteroatoms. The lowest BCUT2D eigenvalue weighted by Gasteiger charge is -2.10. The molecule has 0 saturated carbocycles. The molecule has 22 heavy (non-hydrogen) atoms. The van der Waals surface area contributed by atoms with E-state index in [0.29, 0.717) is 6.54 Å². The second kappa shape index (κ2) is 8.27. The van der Waals surface area contributed by atoms with Crippen LogP contribution in [0.4, 0.5) is 0 Å². The summed E-state index contributed by atoms with van der Waals surface area (Å²) in [6.45, 7) is 6.69. The van der Waals surface area contributed by atoms with Gasteiger partial charge in [0.05, 0.1) is 13.7 Å². The first-order valence-corrected chi connectivity index (χ1v) is 7.85. The normalized spacial score (nSPS) is 11.5. The lowest BCUT2D eigenvalue weighted by atomic mass is 10.1. The summed E-state index contributed by atoms with van der Waals surface area (Å²) in [6.07, 6.45) is 1.09. The third-order valence-corrected chi connectivity index (χ3v) is 3.42. The van der Waals surface area contributed by atoms with Crippen molar-refractivity contribution in [1.29, 1.82) is 0 Å². The highest BCUT2D eigenvalue weighted by Crippen LogP contribution is 2.22. The SMILES string of the molecule is CCCNC(=NCc1ccc2cc(OC)ccc2c1)NCC. The van der Waals surface area contributed by atoms with Gasteiger partial charge in [-0.3, -0.25) is 0 Å². The molecule has 4 nitrogen and oxygen atoms in total. The van der Waals surface area contributed by atoms with Gasteiger partial charge in [-0.05, 0) is 47.9 Å². The van der Waals surface area contributed by atoms with E-state index >= 15 is 0 Å². The number of hydrogen-bond acceptors (Lipinski definition) is 2. The van der Waals surface area contributed by atoms with Crippen LogP contribution in [0.2, 0.25) is 0 Å². The maximum atomic E-state index is 5.26. The van der Waals surface area contributed by atoms with Crippen molar-refractivity contribution in [3.8, 4) is 5.75 Å². The van der Waals surface area contributed by atoms with Gasteiger partial charge >= 0.3 is 0 Å². The summed E-state index contributed by atoms with van der Waals surface area (Å²) < 4.78 is 5.26. The molecule has 2 N–H and O–H groups in total. The van der Waals surface area contributed by atoms with Crippen molar-refractivity contribution in [2.75, 3.05) is 20.2 Å². The standard InChI is InChI=1S/C18H25N3O/c1-4-10-20-18(19-5-2)21-13-14-6-7-16-12-17(22-3)9-8-15(16)11-14/h6-9,11-12H,4-5,10,13H2,1-3H3,(H2,19,20,21). The van der Waals surface area contributed by atoms with Crippen molar-refractivity contribution in [1.82, 2.24) is 10.6 Å². The Kier molecular flexibility index (Phi) is 6.07. The number of nitrogens with zero attached hydrogens (tertiary/aromatic N) is 1. The summed E-state index contributed by atoms with van der Waals surface area (Å²) in [5.74, 6) is 1.76. The lowest BCUT2D eigenvalue weighted by molar-refractivity contribution is 0.415. The Hall–Kier alpha value is -2.23. The highest BCUT2D eigenvalue weighted by atomic mass is 16.5. The number of aliphatic imine (C=N–C) groups is 1. The van der Waals surface area contributed by atoms with Gasteiger partial charge in [0.2, 0.25) is 0 Å². The van der Waals surface area contributed by atoms with Crippen LogP contribution in [0.1, 0.15) is 25.8 Å². The van der Waals surface area contributed by atoms with E-state index < -0.39 is 0 Å². The predicted octanol–water partition coefficient (Wildman–Crippen LogP) is 3.31. The molecule has 2 rings (SSSR count). The number of benzene rings is 2. The zero-order valence-corrected chi connectivity index (χ0v) is 13.6. The molecule has 0 radical (unpaired) electrons. The van der Waals surface area contributed by atoms with Crippen LogP contribution in [0.15, 0.2) is 41.4 Å². The summed E-state index contributed by atoms with van der Waals surface area (Å²) >= 11 is 0. The smallest absolute Gasteiger partial charge is 0.191 e. The zero-order chi connectivity index (χ0) is 15.8. The third kappa shape index (κ3) is 4.38. The molecule has 0 amide bonds. The quantitative estimate of drug-likeness (QED) is 0.635. The van der Waals surface area contributed by atoms with Gasteiger partial charge in [-0.25, -0.2) is 4.99 Å². The summed E-state index contributed by atoms with van der Waals surface area (Å²) in [5, 5.41) is 8.97. The first-order chi connectivity index (χ1) is 10.8. The number of hydrogen-bond donors (Lipinski definition) is 2. The Balaban J connectivity index is 2.13. The van der Waals surface area contributed by atoms with Gasteiger partial charge in [0, 0.05) is 13.1 Å². The summed E-state index contributed by atoms with van der Waals surface area (Å²) in [4.78, 5) is 4.63. The molecule has 0 aromatic heterocycles. The molecule has 0 bridgehead atoms. The van der Waals surface area contributed by atoms with Crippen molar-refractivity contribution in [2.24, 2.45) is 4.99 Å². The molecule has 0 saturated heterocycles. The molecule has 0 aliphatic heterocycles. The fraction of sp³-hybridized carbons (Fsp3) is 0.389. The maximum absolute atomic E-state index is 5.26. The summed E-state index contributed by atoms with van der Waals surface area (Å²) in [5.41, 5.74) is 1.20. The van der Waals surface area contributed by atoms with Crippen LogP contribution in [0.3, 0.4) is 0 Å². The van der Waals surface area contributed by atoms with Crippen molar-refractivity contribution in [2.45, 2.75) is 26.8 Å². The van der Waals surface area contributed by atoms with Crippen LogP contribution in [-0.2, 0) is 6.54 Å². The Morgan fingerprint density at radius 1 is 1.05 bits per heavy atom. The Morgan fingerprint density at radius 2 is 1.82 bits per heavy atom. The maximum Gasteiger partial charge on any atom is 0.191 e. The Bertz CT molecular complexity index is 637. The minimum atomic E-state index is 0.668. The van der Waals surface area contributed by atoms with E-state index in [-0.39, 0.29) is 0 Å². The van der Waals surface area contributed by atoms with Gasteiger partial charge in [-0.2, -0.15) is 0 Å². The molecular weight excluding hydrogens is 274 g/mol. The second-order valence-electron chi connectivity index (χ2n) is 5.17. The van der Waals surface area contributed by atoms with E-state index in [4.69, 9.17) is 4.74 Å². The molecule has 0 atom stereocenters. The average Bonchev–Trinajstić information content (AvgIpc) is 2.56. The topological polar surface area (TPSA) is 45.7 Å². The molecule has 0 aliphatic rings. The molecule has 0 heterocycles. The molecule has 118 valence electrons. The number of nitrogens with one attached hydrogen (secondary N) is 2. The van der Waals surface area contributed by atoms with Gasteiger partial charge in [-0.15, -0.1) is 0 Å². The third-order valence-electron chi connectivity index (χ3n) is 3.42. The molecular formula is C18H25N3O. The minimum absolute atomic E-state index is 0.668. The van der Waals surface area contributed by atoms with Gasteiger partial charge in [-0.1, -0.05) is 25.1 Å².